The average molecular weight is 603 g/mol. The Morgan fingerprint density at radius 2 is 1.14 bits per heavy atom. The third-order valence-electron chi connectivity index (χ3n) is 4.50. The van der Waals surface area contributed by atoms with E-state index in [2.05, 4.69) is 6.92 Å². The summed E-state index contributed by atoms with van der Waals surface area (Å²) in [5.74, 6) is -0.335. The van der Waals surface area contributed by atoms with Gasteiger partial charge in [0.05, 0.1) is 27.3 Å². The summed E-state index contributed by atoms with van der Waals surface area (Å²) in [6, 6.07) is 0. The number of hydrogen-bond donors (Lipinski definition) is 0. The van der Waals surface area contributed by atoms with Crippen molar-refractivity contribution in [3.8, 4) is 0 Å². The Morgan fingerprint density at radius 3 is 1.51 bits per heavy atom. The molecule has 0 fully saturated rings. The van der Waals surface area contributed by atoms with E-state index in [0.717, 1.165) is 19.3 Å². The molecule has 2 aromatic rings. The first-order chi connectivity index (χ1) is 16.9. The summed E-state index contributed by atoms with van der Waals surface area (Å²) < 4.78 is 56.5. The maximum absolute atomic E-state index is 11.5. The van der Waals surface area contributed by atoms with E-state index in [1.165, 1.54) is 25.7 Å². The second-order valence-corrected chi connectivity index (χ2v) is 8.21. The number of unbranched alkanes of at least 4 members (excludes halogenated alkanes) is 5. The molecular weight excluding hydrogens is 563 g/mol. The number of halogens is 5. The molecule has 8 nitrogen and oxygen atoms in total. The van der Waals surface area contributed by atoms with Gasteiger partial charge in [-0.3, -0.25) is 0 Å². The van der Waals surface area contributed by atoms with E-state index in [9.17, 15) is 26.9 Å². The van der Waals surface area contributed by atoms with Crippen LogP contribution in [0.5, 0.6) is 0 Å². The highest BCUT2D eigenvalue weighted by molar-refractivity contribution is 6.50. The molecule has 0 bridgehead atoms. The summed E-state index contributed by atoms with van der Waals surface area (Å²) in [5, 5.41) is 0. The van der Waals surface area contributed by atoms with Crippen LogP contribution in [0.2, 0.25) is 0 Å². The van der Waals surface area contributed by atoms with Crippen molar-refractivity contribution in [3.63, 3.8) is 0 Å². The number of esters is 2. The first kappa shape index (κ1) is 36.8. The van der Waals surface area contributed by atoms with Gasteiger partial charge in [-0.2, -0.15) is 0 Å². The van der Waals surface area contributed by atoms with E-state index < -0.39 is 7.25 Å². The Labute approximate surface area is 227 Å². The van der Waals surface area contributed by atoms with Gasteiger partial charge in [-0.15, -0.1) is 0 Å². The Morgan fingerprint density at radius 1 is 0.730 bits per heavy atom. The van der Waals surface area contributed by atoms with E-state index in [1.807, 2.05) is 72.2 Å². The van der Waals surface area contributed by atoms with Crippen molar-refractivity contribution in [3.05, 3.63) is 37.4 Å². The van der Waals surface area contributed by atoms with Crippen molar-refractivity contribution in [2.24, 2.45) is 14.1 Å². The number of hydrogen-bond acceptors (Lipinski definition) is 4. The molecule has 0 radical (unpaired) electrons. The Bertz CT molecular complexity index is 860. The Kier molecular flexibility index (Phi) is 21.6. The smallest absolute Gasteiger partial charge is 0.673 e. The molecule has 37 heavy (non-hydrogen) atoms. The maximum atomic E-state index is 11.5. The van der Waals surface area contributed by atoms with Crippen LogP contribution >= 0.6 is 0 Å². The number of imidazole rings is 2. The van der Waals surface area contributed by atoms with Gasteiger partial charge in [0.2, 0.25) is 12.7 Å². The third kappa shape index (κ3) is 25.1. The van der Waals surface area contributed by atoms with Crippen LogP contribution in [0, 0.1) is 0 Å². The predicted octanol–water partition coefficient (Wildman–Crippen LogP) is 0.786. The molecule has 2 heterocycles. The van der Waals surface area contributed by atoms with E-state index in [-0.39, 0.29) is 28.9 Å². The number of aromatic nitrogens is 4. The minimum absolute atomic E-state index is 0. The summed E-state index contributed by atoms with van der Waals surface area (Å²) in [6.07, 6.45) is 19.3. The van der Waals surface area contributed by atoms with Gasteiger partial charge in [-0.1, -0.05) is 46.0 Å². The number of rotatable bonds is 13. The van der Waals surface area contributed by atoms with Gasteiger partial charge < -0.3 is 43.7 Å². The molecule has 0 aliphatic carbocycles. The zero-order valence-corrected chi connectivity index (χ0v) is 23.7. The molecule has 0 amide bonds. The zero-order chi connectivity index (χ0) is 27.4. The van der Waals surface area contributed by atoms with Crippen molar-refractivity contribution in [1.29, 1.82) is 0 Å². The lowest BCUT2D eigenvalue weighted by Gasteiger charge is -2.03. The van der Waals surface area contributed by atoms with Crippen molar-refractivity contribution in [2.45, 2.75) is 71.9 Å². The number of nitrogens with zero attached hydrogens (tertiary/aromatic N) is 4. The highest BCUT2D eigenvalue weighted by atomic mass is 79.9. The van der Waals surface area contributed by atoms with Gasteiger partial charge >= 0.3 is 19.2 Å². The Hall–Kier alpha value is -2.38. The van der Waals surface area contributed by atoms with Crippen molar-refractivity contribution >= 4 is 19.2 Å². The molecular formula is C23H40BBrF4N4O4. The molecule has 14 heteroatoms. The van der Waals surface area contributed by atoms with Crippen LogP contribution in [-0.2, 0) is 46.2 Å². The molecule has 0 saturated carbocycles. The summed E-state index contributed by atoms with van der Waals surface area (Å²) >= 11 is 0. The summed E-state index contributed by atoms with van der Waals surface area (Å²) in [4.78, 5) is 22.6. The lowest BCUT2D eigenvalue weighted by atomic mass is 10.1. The van der Waals surface area contributed by atoms with Crippen LogP contribution in [0.4, 0.5) is 17.3 Å². The van der Waals surface area contributed by atoms with Crippen LogP contribution in [0.1, 0.15) is 58.8 Å². The standard InChI is InChI=1S/C14H25N2O2.C9H15N2O2.BF4.BrH/c1-3-4-5-6-7-8-11-18-14(17)12-16-10-9-15(2)13-16;1-3-6-13-9(12)7-11-5-4-10(2)8-11;2-1(3,4)5;/h9-10,13H,3-8,11-12H2,1-2H3;4-5,8H,3,6-7H2,1-2H3;;1H/q2*+1;-1;/p-1. The van der Waals surface area contributed by atoms with Gasteiger partial charge in [-0.05, 0) is 12.8 Å². The van der Waals surface area contributed by atoms with Crippen LogP contribution in [0.15, 0.2) is 37.4 Å². The van der Waals surface area contributed by atoms with Crippen molar-refractivity contribution in [1.82, 2.24) is 9.13 Å². The lowest BCUT2D eigenvalue weighted by molar-refractivity contribution is -0.671. The second-order valence-electron chi connectivity index (χ2n) is 8.21. The predicted molar refractivity (Wildman–Crippen MR) is 127 cm³/mol. The van der Waals surface area contributed by atoms with Gasteiger partial charge in [0.25, 0.3) is 0 Å². The van der Waals surface area contributed by atoms with Crippen LogP contribution < -0.4 is 26.1 Å². The fourth-order valence-corrected chi connectivity index (χ4v) is 2.86. The third-order valence-corrected chi connectivity index (χ3v) is 4.50. The summed E-state index contributed by atoms with van der Waals surface area (Å²) in [7, 11) is -2.16. The fraction of sp³-hybridized carbons (Fsp3) is 0.652. The number of aryl methyl sites for hydroxylation is 2. The van der Waals surface area contributed by atoms with Gasteiger partial charge in [0.15, 0.2) is 13.1 Å². The molecule has 0 atom stereocenters. The zero-order valence-electron chi connectivity index (χ0n) is 22.1. The van der Waals surface area contributed by atoms with Crippen LogP contribution in [0.3, 0.4) is 0 Å². The monoisotopic (exact) mass is 602 g/mol. The number of ether oxygens (including phenoxy) is 2. The first-order valence-electron chi connectivity index (χ1n) is 12.1. The summed E-state index contributed by atoms with van der Waals surface area (Å²) in [6.45, 7) is 5.84. The normalized spacial score (nSPS) is 10.3. The Balaban J connectivity index is 0. The number of carbonyl (C=O) groups is 2. The SMILES string of the molecule is CCCCCCCCOC(=O)Cn1cc[n+](C)c1.CCCOC(=O)Cn1cc[n+](C)c1.F[B-](F)(F)F.[Br-]. The fourth-order valence-electron chi connectivity index (χ4n) is 2.86. The largest absolute Gasteiger partial charge is 1.00 e. The minimum atomic E-state index is -6.00. The summed E-state index contributed by atoms with van der Waals surface area (Å²) in [5.41, 5.74) is 0. The molecule has 214 valence electrons. The van der Waals surface area contributed by atoms with E-state index >= 15 is 0 Å². The molecule has 0 aromatic carbocycles. The average Bonchev–Trinajstić information content (AvgIpc) is 3.38. The maximum Gasteiger partial charge on any atom is 0.673 e. The number of carbonyl (C=O) groups excluding carboxylic acids is 2. The van der Waals surface area contributed by atoms with Gasteiger partial charge in [0.1, 0.15) is 24.8 Å². The van der Waals surface area contributed by atoms with E-state index in [4.69, 9.17) is 9.47 Å². The first-order valence-corrected chi connectivity index (χ1v) is 12.1. The van der Waals surface area contributed by atoms with Gasteiger partial charge in [0, 0.05) is 0 Å². The van der Waals surface area contributed by atoms with Crippen LogP contribution in [0.25, 0.3) is 0 Å². The molecule has 0 aliphatic heterocycles. The van der Waals surface area contributed by atoms with E-state index in [0.29, 0.717) is 26.3 Å². The molecule has 0 saturated heterocycles. The molecule has 0 spiro atoms. The lowest BCUT2D eigenvalue weighted by Crippen LogP contribution is -3.00. The quantitative estimate of drug-likeness (QED) is 0.112. The topological polar surface area (TPSA) is 70.2 Å². The van der Waals surface area contributed by atoms with Crippen molar-refractivity contribution in [2.75, 3.05) is 13.2 Å². The molecule has 0 N–H and O–H groups in total. The molecule has 2 aromatic heterocycles. The highest BCUT2D eigenvalue weighted by Crippen LogP contribution is 2.06. The van der Waals surface area contributed by atoms with Gasteiger partial charge in [-0.25, -0.2) is 27.9 Å². The highest BCUT2D eigenvalue weighted by Gasteiger charge is 2.20. The second kappa shape index (κ2) is 21.7. The van der Waals surface area contributed by atoms with Crippen LogP contribution in [-0.4, -0.2) is 41.5 Å². The van der Waals surface area contributed by atoms with E-state index in [1.54, 1.807) is 4.57 Å². The van der Waals surface area contributed by atoms with Crippen molar-refractivity contribution < 1.29 is 62.4 Å². The molecule has 0 unspecified atom stereocenters. The molecule has 0 aliphatic rings. The minimum Gasteiger partial charge on any atom is -1.00 e. The molecule has 2 rings (SSSR count).